The fraction of sp³-hybridized carbons (Fsp3) is 0.0526. The molecule has 0 aliphatic carbocycles. The van der Waals surface area contributed by atoms with Crippen LogP contribution >= 0.6 is 0 Å². The number of aromatic hydroxyl groups is 1. The van der Waals surface area contributed by atoms with Crippen LogP contribution in [0.1, 0.15) is 5.76 Å². The average Bonchev–Trinajstić information content (AvgIpc) is 3.12. The summed E-state index contributed by atoms with van der Waals surface area (Å²) in [7, 11) is -3.80. The van der Waals surface area contributed by atoms with E-state index >= 15 is 0 Å². The standard InChI is InChI=1S/C19H15N5O4S/c1-12-11-18(23-28-12)24-29(26,27)14-6-4-13(5-7-14)21-22-16-8-9-17(25)19-15(16)3-2-10-20-19/h2-11,25H,1H3,(H,23,24). The monoisotopic (exact) mass is 409 g/mol. The van der Waals surface area contributed by atoms with Crippen LogP contribution in [0.4, 0.5) is 17.2 Å². The van der Waals surface area contributed by atoms with Crippen molar-refractivity contribution in [3.63, 3.8) is 0 Å². The molecule has 29 heavy (non-hydrogen) atoms. The molecule has 0 unspecified atom stereocenters. The van der Waals surface area contributed by atoms with Crippen LogP contribution in [-0.2, 0) is 10.0 Å². The van der Waals surface area contributed by atoms with Gasteiger partial charge in [0.25, 0.3) is 10.0 Å². The first-order chi connectivity index (χ1) is 13.9. The summed E-state index contributed by atoms with van der Waals surface area (Å²) >= 11 is 0. The van der Waals surface area contributed by atoms with E-state index in [0.717, 1.165) is 0 Å². The average molecular weight is 409 g/mol. The van der Waals surface area contributed by atoms with E-state index in [0.29, 0.717) is 28.0 Å². The molecule has 2 N–H and O–H groups in total. The van der Waals surface area contributed by atoms with E-state index in [-0.39, 0.29) is 16.5 Å². The fourth-order valence-electron chi connectivity index (χ4n) is 2.64. The van der Waals surface area contributed by atoms with Crippen molar-refractivity contribution in [3.8, 4) is 5.75 Å². The van der Waals surface area contributed by atoms with E-state index in [1.54, 1.807) is 31.3 Å². The van der Waals surface area contributed by atoms with Gasteiger partial charge in [0.05, 0.1) is 16.3 Å². The molecule has 0 spiro atoms. The Morgan fingerprint density at radius 2 is 1.86 bits per heavy atom. The van der Waals surface area contributed by atoms with E-state index in [1.165, 1.54) is 36.4 Å². The highest BCUT2D eigenvalue weighted by Gasteiger charge is 2.16. The molecule has 0 fully saturated rings. The first-order valence-corrected chi connectivity index (χ1v) is 9.95. The van der Waals surface area contributed by atoms with Gasteiger partial charge in [-0.25, -0.2) is 8.42 Å². The van der Waals surface area contributed by atoms with Crippen LogP contribution in [0.25, 0.3) is 10.9 Å². The van der Waals surface area contributed by atoms with Gasteiger partial charge in [0.2, 0.25) is 0 Å². The van der Waals surface area contributed by atoms with Gasteiger partial charge in [-0.2, -0.15) is 5.11 Å². The number of rotatable bonds is 5. The third kappa shape index (κ3) is 3.92. The summed E-state index contributed by atoms with van der Waals surface area (Å²) in [6.45, 7) is 1.66. The molecule has 9 nitrogen and oxygen atoms in total. The molecule has 146 valence electrons. The van der Waals surface area contributed by atoms with Gasteiger partial charge in [0, 0.05) is 17.6 Å². The smallest absolute Gasteiger partial charge is 0.263 e. The number of nitrogens with one attached hydrogen (secondary N) is 1. The number of pyridine rings is 1. The largest absolute Gasteiger partial charge is 0.506 e. The molecule has 0 atom stereocenters. The quantitative estimate of drug-likeness (QED) is 0.468. The van der Waals surface area contributed by atoms with Gasteiger partial charge in [-0.3, -0.25) is 9.71 Å². The van der Waals surface area contributed by atoms with Crippen molar-refractivity contribution in [2.75, 3.05) is 4.72 Å². The van der Waals surface area contributed by atoms with Crippen LogP contribution in [0.15, 0.2) is 80.4 Å². The van der Waals surface area contributed by atoms with Crippen molar-refractivity contribution in [1.82, 2.24) is 10.1 Å². The minimum Gasteiger partial charge on any atom is -0.506 e. The maximum absolute atomic E-state index is 12.4. The fourth-order valence-corrected chi connectivity index (χ4v) is 3.63. The second-order valence-electron chi connectivity index (χ2n) is 6.13. The molecule has 0 aliphatic heterocycles. The minimum absolute atomic E-state index is 0.0522. The molecule has 4 rings (SSSR count). The van der Waals surface area contributed by atoms with Crippen LogP contribution in [0, 0.1) is 6.92 Å². The van der Waals surface area contributed by atoms with Gasteiger partial charge in [0.15, 0.2) is 5.82 Å². The zero-order chi connectivity index (χ0) is 20.4. The van der Waals surface area contributed by atoms with E-state index in [4.69, 9.17) is 4.52 Å². The summed E-state index contributed by atoms with van der Waals surface area (Å²) in [5.41, 5.74) is 1.43. The molecule has 0 saturated carbocycles. The first-order valence-electron chi connectivity index (χ1n) is 8.47. The molecular weight excluding hydrogens is 394 g/mol. The molecule has 4 aromatic rings. The maximum Gasteiger partial charge on any atom is 0.263 e. The Bertz CT molecular complexity index is 1310. The topological polar surface area (TPSA) is 130 Å². The lowest BCUT2D eigenvalue weighted by Crippen LogP contribution is -2.12. The van der Waals surface area contributed by atoms with Crippen LogP contribution in [0.2, 0.25) is 0 Å². The van der Waals surface area contributed by atoms with Crippen molar-refractivity contribution in [2.45, 2.75) is 11.8 Å². The summed E-state index contributed by atoms with van der Waals surface area (Å²) in [6, 6.07) is 14.0. The Labute approximate surface area is 165 Å². The Morgan fingerprint density at radius 1 is 1.07 bits per heavy atom. The maximum atomic E-state index is 12.4. The predicted molar refractivity (Wildman–Crippen MR) is 106 cm³/mol. The molecule has 10 heteroatoms. The molecular formula is C19H15N5O4S. The van der Waals surface area contributed by atoms with Crippen molar-refractivity contribution >= 4 is 38.1 Å². The molecule has 0 bridgehead atoms. The van der Waals surface area contributed by atoms with Crippen molar-refractivity contribution in [1.29, 1.82) is 0 Å². The highest BCUT2D eigenvalue weighted by atomic mass is 32.2. The lowest BCUT2D eigenvalue weighted by Gasteiger charge is -2.05. The molecule has 2 aromatic carbocycles. The molecule has 2 aromatic heterocycles. The first kappa shape index (κ1) is 18.6. The summed E-state index contributed by atoms with van der Waals surface area (Å²) in [4.78, 5) is 4.19. The lowest BCUT2D eigenvalue weighted by atomic mass is 10.2. The number of nitrogens with zero attached hydrogens (tertiary/aromatic N) is 4. The molecule has 0 aliphatic rings. The normalized spacial score (nSPS) is 11.9. The molecule has 2 heterocycles. The van der Waals surface area contributed by atoms with Crippen molar-refractivity contribution in [3.05, 3.63) is 66.6 Å². The number of azo groups is 1. The van der Waals surface area contributed by atoms with Gasteiger partial charge < -0.3 is 9.63 Å². The number of anilines is 1. The Morgan fingerprint density at radius 3 is 2.59 bits per heavy atom. The SMILES string of the molecule is Cc1cc(NS(=O)(=O)c2ccc(N=Nc3ccc(O)c4ncccc34)cc2)no1. The van der Waals surface area contributed by atoms with E-state index in [9.17, 15) is 13.5 Å². The van der Waals surface area contributed by atoms with Gasteiger partial charge in [0.1, 0.15) is 17.0 Å². The number of hydrogen-bond acceptors (Lipinski definition) is 8. The lowest BCUT2D eigenvalue weighted by molar-refractivity contribution is 0.400. The Kier molecular flexibility index (Phi) is 4.69. The predicted octanol–water partition coefficient (Wildman–Crippen LogP) is 4.45. The summed E-state index contributed by atoms with van der Waals surface area (Å²) < 4.78 is 32.0. The van der Waals surface area contributed by atoms with Crippen molar-refractivity contribution in [2.24, 2.45) is 10.2 Å². The zero-order valence-electron chi connectivity index (χ0n) is 15.1. The van der Waals surface area contributed by atoms with Gasteiger partial charge in [-0.05, 0) is 55.5 Å². The number of benzene rings is 2. The zero-order valence-corrected chi connectivity index (χ0v) is 16.0. The number of sulfonamides is 1. The van der Waals surface area contributed by atoms with E-state index in [1.807, 2.05) is 0 Å². The van der Waals surface area contributed by atoms with Crippen LogP contribution in [-0.4, -0.2) is 23.7 Å². The number of fused-ring (bicyclic) bond motifs is 1. The summed E-state index contributed by atoms with van der Waals surface area (Å²) in [6.07, 6.45) is 1.58. The number of phenolic OH excluding ortho intramolecular Hbond substituents is 1. The highest BCUT2D eigenvalue weighted by Crippen LogP contribution is 2.32. The van der Waals surface area contributed by atoms with E-state index in [2.05, 4.69) is 25.1 Å². The second-order valence-corrected chi connectivity index (χ2v) is 7.81. The molecule has 0 radical (unpaired) electrons. The van der Waals surface area contributed by atoms with E-state index < -0.39 is 10.0 Å². The molecule has 0 amide bonds. The number of aromatic nitrogens is 2. The Balaban J connectivity index is 1.56. The number of aryl methyl sites for hydroxylation is 1. The Hall–Kier alpha value is -3.79. The van der Waals surface area contributed by atoms with Gasteiger partial charge >= 0.3 is 0 Å². The third-order valence-electron chi connectivity index (χ3n) is 4.01. The van der Waals surface area contributed by atoms with Gasteiger partial charge in [-0.1, -0.05) is 5.16 Å². The van der Waals surface area contributed by atoms with Crippen molar-refractivity contribution < 1.29 is 18.0 Å². The summed E-state index contributed by atoms with van der Waals surface area (Å²) in [5, 5.41) is 22.5. The number of hydrogen-bond donors (Lipinski definition) is 2. The van der Waals surface area contributed by atoms with Crippen LogP contribution in [0.3, 0.4) is 0 Å². The van der Waals surface area contributed by atoms with Crippen LogP contribution in [0.5, 0.6) is 5.75 Å². The second kappa shape index (κ2) is 7.32. The summed E-state index contributed by atoms with van der Waals surface area (Å²) in [5.74, 6) is 0.665. The minimum atomic E-state index is -3.80. The van der Waals surface area contributed by atoms with Gasteiger partial charge in [-0.15, -0.1) is 5.11 Å². The third-order valence-corrected chi connectivity index (χ3v) is 5.38. The van der Waals surface area contributed by atoms with Crippen LogP contribution < -0.4 is 4.72 Å². The number of phenols is 1. The molecule has 0 saturated heterocycles. The highest BCUT2D eigenvalue weighted by molar-refractivity contribution is 7.92.